The first-order valence-electron chi connectivity index (χ1n) is 12.5. The Hall–Kier alpha value is -3.46. The van der Waals surface area contributed by atoms with Crippen molar-refractivity contribution in [2.45, 2.75) is 45.9 Å². The first kappa shape index (κ1) is 25.6. The van der Waals surface area contributed by atoms with Gasteiger partial charge in [0.1, 0.15) is 18.0 Å². The number of likely N-dealkylation sites (N-methyl/N-ethyl adjacent to an activating group) is 1. The van der Waals surface area contributed by atoms with Gasteiger partial charge in [-0.25, -0.2) is 19.2 Å². The lowest BCUT2D eigenvalue weighted by Gasteiger charge is -2.55. The number of hydrogen-bond acceptors (Lipinski definition) is 4. The van der Waals surface area contributed by atoms with Gasteiger partial charge in [0.15, 0.2) is 0 Å². The molecular weight excluding hydrogens is 461 g/mol. The summed E-state index contributed by atoms with van der Waals surface area (Å²) in [7, 11) is 0. The van der Waals surface area contributed by atoms with Gasteiger partial charge in [-0.3, -0.25) is 9.59 Å². The van der Waals surface area contributed by atoms with E-state index in [4.69, 9.17) is 0 Å². The molecule has 0 aromatic heterocycles. The molecular formula is C27H34FN5O3. The van der Waals surface area contributed by atoms with Crippen LogP contribution in [-0.2, 0) is 22.6 Å². The SMILES string of the molecule is CCN1CC(=O)N2[C@@H](C(C)C)C(=O)N(CCc3ccc(F)cc3)C[C@@H]2N1C(=O)NCc1ccccc1. The van der Waals surface area contributed by atoms with Crippen LogP contribution in [0.25, 0.3) is 0 Å². The van der Waals surface area contributed by atoms with Crippen LogP contribution in [0.2, 0.25) is 0 Å². The number of nitrogens with one attached hydrogen (secondary N) is 1. The number of amides is 4. The lowest BCUT2D eigenvalue weighted by Crippen LogP contribution is -2.77. The maximum absolute atomic E-state index is 13.5. The minimum Gasteiger partial charge on any atom is -0.337 e. The van der Waals surface area contributed by atoms with Crippen molar-refractivity contribution in [3.63, 3.8) is 0 Å². The first-order valence-corrected chi connectivity index (χ1v) is 12.5. The van der Waals surface area contributed by atoms with Gasteiger partial charge in [-0.2, -0.15) is 0 Å². The number of rotatable bonds is 7. The van der Waals surface area contributed by atoms with Gasteiger partial charge >= 0.3 is 6.03 Å². The minimum absolute atomic E-state index is 0.0395. The molecule has 2 fully saturated rings. The van der Waals surface area contributed by atoms with Crippen LogP contribution in [0.5, 0.6) is 0 Å². The topological polar surface area (TPSA) is 76.2 Å². The van der Waals surface area contributed by atoms with Crippen LogP contribution in [0, 0.1) is 11.7 Å². The van der Waals surface area contributed by atoms with Crippen LogP contribution in [-0.4, -0.2) is 76.0 Å². The zero-order chi connectivity index (χ0) is 25.8. The third-order valence-electron chi connectivity index (χ3n) is 6.84. The second-order valence-corrected chi connectivity index (χ2v) is 9.60. The third-order valence-corrected chi connectivity index (χ3v) is 6.84. The summed E-state index contributed by atoms with van der Waals surface area (Å²) in [5, 5.41) is 6.34. The number of piperazine rings is 1. The van der Waals surface area contributed by atoms with E-state index >= 15 is 0 Å². The summed E-state index contributed by atoms with van der Waals surface area (Å²) in [6, 6.07) is 14.9. The number of fused-ring (bicyclic) bond motifs is 1. The Morgan fingerprint density at radius 2 is 1.75 bits per heavy atom. The summed E-state index contributed by atoms with van der Waals surface area (Å²) in [6.07, 6.45) is -0.0601. The van der Waals surface area contributed by atoms with Gasteiger partial charge in [0.25, 0.3) is 0 Å². The lowest BCUT2D eigenvalue weighted by molar-refractivity contribution is -0.192. The van der Waals surface area contributed by atoms with Crippen LogP contribution in [0.3, 0.4) is 0 Å². The molecule has 36 heavy (non-hydrogen) atoms. The Bertz CT molecular complexity index is 1080. The Balaban J connectivity index is 1.58. The number of benzene rings is 2. The first-order chi connectivity index (χ1) is 17.3. The van der Waals surface area contributed by atoms with Gasteiger partial charge in [0.05, 0.1) is 13.1 Å². The molecule has 2 aromatic rings. The molecule has 0 saturated carbocycles. The molecule has 4 amide bonds. The molecule has 2 heterocycles. The Kier molecular flexibility index (Phi) is 7.88. The quantitative estimate of drug-likeness (QED) is 0.641. The largest absolute Gasteiger partial charge is 0.337 e. The molecule has 0 aliphatic carbocycles. The van der Waals surface area contributed by atoms with Gasteiger partial charge < -0.3 is 15.1 Å². The highest BCUT2D eigenvalue weighted by molar-refractivity contribution is 5.91. The van der Waals surface area contributed by atoms with Crippen molar-refractivity contribution in [1.82, 2.24) is 25.1 Å². The van der Waals surface area contributed by atoms with Crippen molar-refractivity contribution in [2.24, 2.45) is 5.92 Å². The van der Waals surface area contributed by atoms with Gasteiger partial charge in [0, 0.05) is 19.6 Å². The summed E-state index contributed by atoms with van der Waals surface area (Å²) in [6.45, 7) is 7.24. The van der Waals surface area contributed by atoms with E-state index in [2.05, 4.69) is 5.32 Å². The molecule has 2 aromatic carbocycles. The molecule has 2 aliphatic rings. The summed E-state index contributed by atoms with van der Waals surface area (Å²) in [4.78, 5) is 43.6. The second-order valence-electron chi connectivity index (χ2n) is 9.60. The van der Waals surface area contributed by atoms with Crippen LogP contribution < -0.4 is 5.32 Å². The standard InChI is InChI=1S/C27H34FN5O3/c1-4-31-18-24(34)32-23(33(31)27(36)29-16-21-8-6-5-7-9-21)17-30(26(35)25(32)19(2)3)15-14-20-10-12-22(28)13-11-20/h5-13,19,23,25H,4,14-18H2,1-3H3,(H,29,36)/t23-,25-/m0/s1. The summed E-state index contributed by atoms with van der Waals surface area (Å²) >= 11 is 0. The van der Waals surface area contributed by atoms with Crippen molar-refractivity contribution in [3.8, 4) is 0 Å². The van der Waals surface area contributed by atoms with Crippen LogP contribution in [0.1, 0.15) is 31.9 Å². The van der Waals surface area contributed by atoms with E-state index < -0.39 is 12.2 Å². The smallest absolute Gasteiger partial charge is 0.334 e. The highest BCUT2D eigenvalue weighted by Crippen LogP contribution is 2.29. The summed E-state index contributed by atoms with van der Waals surface area (Å²) in [5.41, 5.74) is 1.89. The lowest BCUT2D eigenvalue weighted by atomic mass is 9.96. The van der Waals surface area contributed by atoms with E-state index in [0.717, 1.165) is 11.1 Å². The molecule has 2 saturated heterocycles. The minimum atomic E-state index is -0.659. The predicted octanol–water partition coefficient (Wildman–Crippen LogP) is 2.85. The Labute approximate surface area is 211 Å². The van der Waals surface area contributed by atoms with Crippen molar-refractivity contribution < 1.29 is 18.8 Å². The fourth-order valence-electron chi connectivity index (χ4n) is 4.99. The zero-order valence-corrected chi connectivity index (χ0v) is 21.1. The van der Waals surface area contributed by atoms with Crippen molar-refractivity contribution >= 4 is 17.8 Å². The highest BCUT2D eigenvalue weighted by atomic mass is 19.1. The molecule has 192 valence electrons. The third kappa shape index (κ3) is 5.36. The van der Waals surface area contributed by atoms with Crippen LogP contribution in [0.15, 0.2) is 54.6 Å². The maximum Gasteiger partial charge on any atom is 0.334 e. The average Bonchev–Trinajstić information content (AvgIpc) is 2.87. The fraction of sp³-hybridized carbons (Fsp3) is 0.444. The second kappa shape index (κ2) is 11.1. The highest BCUT2D eigenvalue weighted by Gasteiger charge is 2.51. The van der Waals surface area contributed by atoms with Gasteiger partial charge in [0.2, 0.25) is 11.8 Å². The molecule has 2 atom stereocenters. The molecule has 0 bridgehead atoms. The van der Waals surface area contributed by atoms with E-state index in [1.54, 1.807) is 32.0 Å². The number of hydrazine groups is 1. The molecule has 4 rings (SSSR count). The van der Waals surface area contributed by atoms with Crippen molar-refractivity contribution in [1.29, 1.82) is 0 Å². The van der Waals surface area contributed by atoms with E-state index in [1.807, 2.05) is 51.1 Å². The molecule has 1 N–H and O–H groups in total. The molecule has 0 radical (unpaired) electrons. The van der Waals surface area contributed by atoms with Crippen LogP contribution >= 0.6 is 0 Å². The number of carbonyl (C=O) groups excluding carboxylic acids is 3. The van der Waals surface area contributed by atoms with E-state index in [-0.39, 0.29) is 42.7 Å². The molecule has 9 heteroatoms. The number of urea groups is 1. The monoisotopic (exact) mass is 495 g/mol. The van der Waals surface area contributed by atoms with E-state index in [9.17, 15) is 18.8 Å². The van der Waals surface area contributed by atoms with Gasteiger partial charge in [-0.1, -0.05) is 63.2 Å². The fourth-order valence-corrected chi connectivity index (χ4v) is 4.99. The number of halogens is 1. The number of nitrogens with zero attached hydrogens (tertiary/aromatic N) is 4. The number of hydrogen-bond donors (Lipinski definition) is 1. The summed E-state index contributed by atoms with van der Waals surface area (Å²) < 4.78 is 13.3. The molecule has 8 nitrogen and oxygen atoms in total. The normalized spacial score (nSPS) is 20.6. The van der Waals surface area contributed by atoms with E-state index in [0.29, 0.717) is 26.1 Å². The summed E-state index contributed by atoms with van der Waals surface area (Å²) in [5.74, 6) is -0.702. The Morgan fingerprint density at radius 3 is 2.39 bits per heavy atom. The molecule has 0 spiro atoms. The zero-order valence-electron chi connectivity index (χ0n) is 21.1. The van der Waals surface area contributed by atoms with Gasteiger partial charge in [-0.05, 0) is 35.6 Å². The van der Waals surface area contributed by atoms with Crippen molar-refractivity contribution in [3.05, 3.63) is 71.5 Å². The Morgan fingerprint density at radius 1 is 1.06 bits per heavy atom. The molecule has 2 aliphatic heterocycles. The molecule has 0 unspecified atom stereocenters. The van der Waals surface area contributed by atoms with Gasteiger partial charge in [-0.15, -0.1) is 0 Å². The van der Waals surface area contributed by atoms with E-state index in [1.165, 1.54) is 12.1 Å². The predicted molar refractivity (Wildman–Crippen MR) is 134 cm³/mol. The average molecular weight is 496 g/mol. The van der Waals surface area contributed by atoms with Crippen molar-refractivity contribution in [2.75, 3.05) is 26.2 Å². The number of carbonyl (C=O) groups is 3. The van der Waals surface area contributed by atoms with Crippen LogP contribution in [0.4, 0.5) is 9.18 Å². The maximum atomic E-state index is 13.5.